The molecule has 3 rings (SSSR count). The van der Waals surface area contributed by atoms with Gasteiger partial charge in [0.25, 0.3) is 5.91 Å². The van der Waals surface area contributed by atoms with Crippen LogP contribution in [0.15, 0.2) is 48.5 Å². The zero-order valence-electron chi connectivity index (χ0n) is 17.5. The average molecular weight is 396 g/mol. The summed E-state index contributed by atoms with van der Waals surface area (Å²) in [5, 5.41) is 12.9. The maximum atomic E-state index is 12.5. The number of carbonyl (C=O) groups excluding carboxylic acids is 1. The summed E-state index contributed by atoms with van der Waals surface area (Å²) < 4.78 is 0. The minimum atomic E-state index is -0.638. The quantitative estimate of drug-likeness (QED) is 0.648. The summed E-state index contributed by atoms with van der Waals surface area (Å²) in [5.74, 6) is 0.497. The number of benzene rings is 2. The van der Waals surface area contributed by atoms with Crippen LogP contribution in [-0.4, -0.2) is 41.1 Å². The van der Waals surface area contributed by atoms with Crippen LogP contribution in [0.3, 0.4) is 0 Å². The lowest BCUT2D eigenvalue weighted by molar-refractivity contribution is 0.0370. The van der Waals surface area contributed by atoms with Crippen LogP contribution in [0.5, 0.6) is 0 Å². The zero-order valence-corrected chi connectivity index (χ0v) is 17.5. The molecule has 1 amide bonds. The molecule has 0 saturated carbocycles. The van der Waals surface area contributed by atoms with Gasteiger partial charge in [-0.25, -0.2) is 0 Å². The fourth-order valence-corrected chi connectivity index (χ4v) is 4.07. The molecule has 156 valence electrons. The van der Waals surface area contributed by atoms with Crippen molar-refractivity contribution in [3.63, 3.8) is 0 Å². The number of hydrogen-bond acceptors (Lipinski definition) is 4. The van der Waals surface area contributed by atoms with E-state index in [9.17, 15) is 9.90 Å². The van der Waals surface area contributed by atoms with Gasteiger partial charge < -0.3 is 21.1 Å². The van der Waals surface area contributed by atoms with E-state index in [1.165, 1.54) is 18.4 Å². The molecule has 2 aromatic rings. The third-order valence-corrected chi connectivity index (χ3v) is 5.50. The number of β-amino-alcohol motifs (C(OH)–C–C–N with tert-alkyl or cyclic N) is 1. The summed E-state index contributed by atoms with van der Waals surface area (Å²) in [6.07, 6.45) is 4.55. The highest BCUT2D eigenvalue weighted by Gasteiger charge is 2.22. The molecule has 0 aliphatic carbocycles. The number of carbonyl (C=O) groups is 1. The molecule has 29 heavy (non-hydrogen) atoms. The van der Waals surface area contributed by atoms with Crippen LogP contribution in [-0.2, 0) is 6.42 Å². The van der Waals surface area contributed by atoms with Gasteiger partial charge in [0.1, 0.15) is 0 Å². The van der Waals surface area contributed by atoms with Gasteiger partial charge in [-0.15, -0.1) is 0 Å². The topological polar surface area (TPSA) is 78.6 Å². The number of nitrogens with zero attached hydrogens (tertiary/aromatic N) is 1. The van der Waals surface area contributed by atoms with Crippen molar-refractivity contribution in [1.82, 2.24) is 4.90 Å². The lowest BCUT2D eigenvalue weighted by atomic mass is 9.92. The molecule has 1 saturated heterocycles. The number of aliphatic hydroxyl groups is 1. The summed E-state index contributed by atoms with van der Waals surface area (Å²) in [5.41, 5.74) is 8.35. The smallest absolute Gasteiger partial charge is 0.255 e. The van der Waals surface area contributed by atoms with E-state index in [1.54, 1.807) is 12.1 Å². The molecule has 5 nitrogen and oxygen atoms in total. The Balaban J connectivity index is 1.54. The largest absolute Gasteiger partial charge is 0.397 e. The maximum absolute atomic E-state index is 12.5. The van der Waals surface area contributed by atoms with Crippen LogP contribution >= 0.6 is 0 Å². The Kier molecular flexibility index (Phi) is 6.93. The number of nitrogen functional groups attached to an aromatic ring is 1. The number of anilines is 2. The average Bonchev–Trinajstić information content (AvgIpc) is 2.88. The summed E-state index contributed by atoms with van der Waals surface area (Å²) in [4.78, 5) is 14.8. The lowest BCUT2D eigenvalue weighted by Crippen LogP contribution is -2.39. The first-order valence-corrected chi connectivity index (χ1v) is 10.5. The maximum Gasteiger partial charge on any atom is 0.255 e. The summed E-state index contributed by atoms with van der Waals surface area (Å²) in [7, 11) is 0. The first kappa shape index (κ1) is 21.3. The van der Waals surface area contributed by atoms with Gasteiger partial charge in [-0.3, -0.25) is 4.79 Å². The highest BCUT2D eigenvalue weighted by Crippen LogP contribution is 2.23. The van der Waals surface area contributed by atoms with Gasteiger partial charge in [-0.05, 0) is 88.4 Å². The van der Waals surface area contributed by atoms with E-state index in [2.05, 4.69) is 22.3 Å². The lowest BCUT2D eigenvalue weighted by Gasteiger charge is -2.27. The van der Waals surface area contributed by atoms with Crippen molar-refractivity contribution in [3.8, 4) is 0 Å². The molecule has 1 heterocycles. The van der Waals surface area contributed by atoms with E-state index in [0.29, 0.717) is 22.9 Å². The molecule has 0 aromatic heterocycles. The predicted molar refractivity (Wildman–Crippen MR) is 119 cm³/mol. The molecule has 2 aromatic carbocycles. The number of likely N-dealkylation sites (tertiary alicyclic amines) is 1. The Hall–Kier alpha value is -2.37. The highest BCUT2D eigenvalue weighted by molar-refractivity contribution is 6.05. The fourth-order valence-electron chi connectivity index (χ4n) is 4.07. The second kappa shape index (κ2) is 9.42. The summed E-state index contributed by atoms with van der Waals surface area (Å²) in [6, 6.07) is 15.2. The Morgan fingerprint density at radius 2 is 1.86 bits per heavy atom. The van der Waals surface area contributed by atoms with E-state index in [1.807, 2.05) is 38.1 Å². The molecule has 5 heteroatoms. The van der Waals surface area contributed by atoms with Crippen LogP contribution in [0, 0.1) is 5.92 Å². The van der Waals surface area contributed by atoms with Crippen molar-refractivity contribution < 1.29 is 9.90 Å². The number of amides is 1. The van der Waals surface area contributed by atoms with E-state index in [4.69, 9.17) is 5.73 Å². The molecule has 4 N–H and O–H groups in total. The first-order valence-electron chi connectivity index (χ1n) is 10.5. The third kappa shape index (κ3) is 6.58. The van der Waals surface area contributed by atoms with Gasteiger partial charge in [-0.2, -0.15) is 0 Å². The highest BCUT2D eigenvalue weighted by atomic mass is 16.3. The summed E-state index contributed by atoms with van der Waals surface area (Å²) >= 11 is 0. The van der Waals surface area contributed by atoms with Gasteiger partial charge in [0.2, 0.25) is 0 Å². The predicted octanol–water partition coefficient (Wildman–Crippen LogP) is 3.94. The van der Waals surface area contributed by atoms with Crippen molar-refractivity contribution in [2.24, 2.45) is 5.92 Å². The molecule has 0 spiro atoms. The molecule has 0 radical (unpaired) electrons. The molecular formula is C24H33N3O2. The molecule has 1 unspecified atom stereocenters. The fraction of sp³-hybridized carbons (Fsp3) is 0.458. The van der Waals surface area contributed by atoms with Crippen LogP contribution < -0.4 is 11.1 Å². The summed E-state index contributed by atoms with van der Waals surface area (Å²) in [6.45, 7) is 6.57. The van der Waals surface area contributed by atoms with E-state index in [-0.39, 0.29) is 5.91 Å². The Morgan fingerprint density at radius 3 is 2.55 bits per heavy atom. The van der Waals surface area contributed by atoms with E-state index in [0.717, 1.165) is 32.5 Å². The molecular weight excluding hydrogens is 362 g/mol. The van der Waals surface area contributed by atoms with E-state index < -0.39 is 5.60 Å². The zero-order chi connectivity index (χ0) is 20.9. The van der Waals surface area contributed by atoms with Crippen molar-refractivity contribution in [2.75, 3.05) is 30.7 Å². The molecule has 1 fully saturated rings. The molecule has 1 aliphatic heterocycles. The molecule has 1 aliphatic rings. The van der Waals surface area contributed by atoms with Crippen molar-refractivity contribution >= 4 is 17.3 Å². The van der Waals surface area contributed by atoms with Gasteiger partial charge in [0.15, 0.2) is 0 Å². The van der Waals surface area contributed by atoms with Crippen LogP contribution in [0.2, 0.25) is 0 Å². The van der Waals surface area contributed by atoms with E-state index >= 15 is 0 Å². The minimum absolute atomic E-state index is 0.147. The number of para-hydroxylation sites is 2. The number of hydrogen-bond donors (Lipinski definition) is 3. The standard InChI is InChI=1S/C24H33N3O2/c1-24(2,29)17-27-14-5-6-18(13-15-27)16-19-9-11-20(12-10-19)23(28)26-22-8-4-3-7-21(22)25/h3-4,7-12,18,29H,5-6,13-17,25H2,1-2H3,(H,26,28). The number of nitrogens with one attached hydrogen (secondary N) is 1. The second-order valence-corrected chi connectivity index (χ2v) is 8.83. The molecule has 1 atom stereocenters. The van der Waals surface area contributed by atoms with Crippen molar-refractivity contribution in [1.29, 1.82) is 0 Å². The molecule has 0 bridgehead atoms. The second-order valence-electron chi connectivity index (χ2n) is 8.83. The first-order chi connectivity index (χ1) is 13.8. The van der Waals surface area contributed by atoms with Gasteiger partial charge in [-0.1, -0.05) is 24.3 Å². The van der Waals surface area contributed by atoms with Crippen molar-refractivity contribution in [2.45, 2.75) is 45.1 Å². The normalized spacial score (nSPS) is 18.2. The van der Waals surface area contributed by atoms with Crippen LogP contribution in [0.1, 0.15) is 49.0 Å². The Morgan fingerprint density at radius 1 is 1.14 bits per heavy atom. The van der Waals surface area contributed by atoms with Gasteiger partial charge in [0, 0.05) is 12.1 Å². The Labute approximate surface area is 173 Å². The third-order valence-electron chi connectivity index (χ3n) is 5.50. The van der Waals surface area contributed by atoms with Crippen molar-refractivity contribution in [3.05, 3.63) is 59.7 Å². The van der Waals surface area contributed by atoms with Gasteiger partial charge >= 0.3 is 0 Å². The number of nitrogens with two attached hydrogens (primary N) is 1. The minimum Gasteiger partial charge on any atom is -0.397 e. The monoisotopic (exact) mass is 395 g/mol. The van der Waals surface area contributed by atoms with Crippen LogP contribution in [0.25, 0.3) is 0 Å². The van der Waals surface area contributed by atoms with Gasteiger partial charge in [0.05, 0.1) is 17.0 Å². The number of rotatable bonds is 6. The van der Waals surface area contributed by atoms with Crippen LogP contribution in [0.4, 0.5) is 11.4 Å². The SMILES string of the molecule is CC(C)(O)CN1CCCC(Cc2ccc(C(=O)Nc3ccccc3N)cc2)CC1. The Bertz CT molecular complexity index is 812.